The number of benzene rings is 2. The molecule has 1 heterocycles. The number of carbonyl (C=O) groups excluding carboxylic acids is 1. The molecule has 0 spiro atoms. The summed E-state index contributed by atoms with van der Waals surface area (Å²) in [6.45, 7) is 2.13. The third-order valence-corrected chi connectivity index (χ3v) is 6.00. The van der Waals surface area contributed by atoms with Gasteiger partial charge in [-0.1, -0.05) is 47.8 Å². The van der Waals surface area contributed by atoms with Gasteiger partial charge in [-0.25, -0.2) is 4.98 Å². The Hall–Kier alpha value is -1.24. The second-order valence-corrected chi connectivity index (χ2v) is 8.60. The molecule has 0 saturated heterocycles. The average molecular weight is 482 g/mol. The van der Waals surface area contributed by atoms with E-state index in [0.717, 1.165) is 54.7 Å². The molecule has 0 saturated carbocycles. The number of anilines is 1. The number of halogens is 2. The lowest BCUT2D eigenvalue weighted by molar-refractivity contribution is -0.116. The van der Waals surface area contributed by atoms with Crippen LogP contribution in [0.4, 0.5) is 5.69 Å². The molecule has 130 valence electrons. The molecular weight excluding hydrogens is 464 g/mol. The molecule has 25 heavy (non-hydrogen) atoms. The van der Waals surface area contributed by atoms with E-state index in [-0.39, 0.29) is 5.91 Å². The van der Waals surface area contributed by atoms with Crippen molar-refractivity contribution in [3.63, 3.8) is 0 Å². The zero-order chi connectivity index (χ0) is 17.8. The molecule has 2 aromatic carbocycles. The van der Waals surface area contributed by atoms with Gasteiger partial charge < -0.3 is 5.32 Å². The predicted molar refractivity (Wildman–Crippen MR) is 113 cm³/mol. The number of unbranched alkanes of at least 4 members (excludes halogenated alkanes) is 2. The number of aromatic nitrogens is 1. The van der Waals surface area contributed by atoms with Crippen LogP contribution in [0, 0.1) is 0 Å². The molecule has 1 aromatic heterocycles. The van der Waals surface area contributed by atoms with Gasteiger partial charge in [-0.2, -0.15) is 0 Å². The van der Waals surface area contributed by atoms with Crippen LogP contribution < -0.4 is 5.32 Å². The summed E-state index contributed by atoms with van der Waals surface area (Å²) in [5, 5.41) is 3.96. The van der Waals surface area contributed by atoms with E-state index >= 15 is 0 Å². The molecule has 0 aliphatic heterocycles. The highest BCUT2D eigenvalue weighted by molar-refractivity contribution is 9.11. The van der Waals surface area contributed by atoms with Crippen LogP contribution in [0.3, 0.4) is 0 Å². The van der Waals surface area contributed by atoms with Crippen LogP contribution in [-0.2, 0) is 4.79 Å². The second kappa shape index (κ2) is 8.43. The van der Waals surface area contributed by atoms with E-state index < -0.39 is 0 Å². The zero-order valence-electron chi connectivity index (χ0n) is 13.8. The number of para-hydroxylation sites is 1. The molecule has 0 aliphatic rings. The molecule has 3 rings (SSSR count). The lowest BCUT2D eigenvalue weighted by Crippen LogP contribution is -2.12. The van der Waals surface area contributed by atoms with E-state index in [2.05, 4.69) is 50.2 Å². The highest BCUT2D eigenvalue weighted by Crippen LogP contribution is 2.40. The average Bonchev–Trinajstić information content (AvgIpc) is 3.01. The summed E-state index contributed by atoms with van der Waals surface area (Å²) in [5.41, 5.74) is 2.67. The van der Waals surface area contributed by atoms with Crippen molar-refractivity contribution in [2.45, 2.75) is 32.6 Å². The summed E-state index contributed by atoms with van der Waals surface area (Å²) < 4.78 is 2.92. The number of nitrogens with one attached hydrogen (secondary N) is 1. The lowest BCUT2D eigenvalue weighted by Gasteiger charge is -2.12. The van der Waals surface area contributed by atoms with E-state index in [0.29, 0.717) is 6.42 Å². The van der Waals surface area contributed by atoms with Crippen LogP contribution in [0.15, 0.2) is 45.3 Å². The quantitative estimate of drug-likeness (QED) is 0.384. The SMILES string of the molecule is CCCCCC(=O)Nc1c(Br)cc(Br)cc1-c1nc2ccccc2s1. The molecule has 0 aliphatic carbocycles. The van der Waals surface area contributed by atoms with Gasteiger partial charge in [0, 0.05) is 20.9 Å². The maximum Gasteiger partial charge on any atom is 0.224 e. The van der Waals surface area contributed by atoms with Crippen LogP contribution in [0.1, 0.15) is 32.6 Å². The number of fused-ring (bicyclic) bond motifs is 1. The van der Waals surface area contributed by atoms with Gasteiger partial charge >= 0.3 is 0 Å². The molecule has 3 aromatic rings. The third-order valence-electron chi connectivity index (χ3n) is 3.85. The van der Waals surface area contributed by atoms with Crippen molar-refractivity contribution in [1.82, 2.24) is 4.98 Å². The Balaban J connectivity index is 1.96. The summed E-state index contributed by atoms with van der Waals surface area (Å²) in [7, 11) is 0. The minimum Gasteiger partial charge on any atom is -0.324 e. The number of hydrogen-bond acceptors (Lipinski definition) is 3. The van der Waals surface area contributed by atoms with Crippen molar-refractivity contribution in [3.8, 4) is 10.6 Å². The van der Waals surface area contributed by atoms with Gasteiger partial charge in [-0.15, -0.1) is 11.3 Å². The first-order valence-corrected chi connectivity index (χ1v) is 10.6. The number of nitrogens with zero attached hydrogens (tertiary/aromatic N) is 1. The highest BCUT2D eigenvalue weighted by Gasteiger charge is 2.16. The Morgan fingerprint density at radius 2 is 2.00 bits per heavy atom. The molecule has 0 unspecified atom stereocenters. The first-order valence-electron chi connectivity index (χ1n) is 8.23. The van der Waals surface area contributed by atoms with Gasteiger partial charge in [-0.05, 0) is 46.6 Å². The number of amides is 1. The van der Waals surface area contributed by atoms with Crippen LogP contribution in [0.2, 0.25) is 0 Å². The van der Waals surface area contributed by atoms with Crippen molar-refractivity contribution in [3.05, 3.63) is 45.3 Å². The Bertz CT molecular complexity index is 875. The first-order chi connectivity index (χ1) is 12.1. The number of carbonyl (C=O) groups is 1. The molecule has 0 atom stereocenters. The zero-order valence-corrected chi connectivity index (χ0v) is 17.8. The van der Waals surface area contributed by atoms with E-state index in [1.165, 1.54) is 0 Å². The molecule has 1 amide bonds. The summed E-state index contributed by atoms with van der Waals surface area (Å²) in [6, 6.07) is 12.0. The van der Waals surface area contributed by atoms with Crippen LogP contribution in [-0.4, -0.2) is 10.9 Å². The second-order valence-electron chi connectivity index (χ2n) is 5.80. The minimum absolute atomic E-state index is 0.0406. The van der Waals surface area contributed by atoms with Crippen molar-refractivity contribution in [2.75, 3.05) is 5.32 Å². The fourth-order valence-corrected chi connectivity index (χ4v) is 4.91. The summed E-state index contributed by atoms with van der Waals surface area (Å²) in [6.07, 6.45) is 3.62. The van der Waals surface area contributed by atoms with Crippen LogP contribution in [0.25, 0.3) is 20.8 Å². The molecule has 0 radical (unpaired) electrons. The molecule has 0 bridgehead atoms. The third kappa shape index (κ3) is 4.49. The Morgan fingerprint density at radius 3 is 2.76 bits per heavy atom. The summed E-state index contributed by atoms with van der Waals surface area (Å²) >= 11 is 8.75. The first kappa shape index (κ1) is 18.5. The van der Waals surface area contributed by atoms with E-state index in [9.17, 15) is 4.79 Å². The van der Waals surface area contributed by atoms with Crippen molar-refractivity contribution >= 4 is 65.0 Å². The maximum absolute atomic E-state index is 12.3. The Labute approximate surface area is 168 Å². The van der Waals surface area contributed by atoms with E-state index in [1.54, 1.807) is 11.3 Å². The van der Waals surface area contributed by atoms with Crippen LogP contribution >= 0.6 is 43.2 Å². The monoisotopic (exact) mass is 480 g/mol. The van der Waals surface area contributed by atoms with Gasteiger partial charge in [0.05, 0.1) is 15.9 Å². The fourth-order valence-electron chi connectivity index (χ4n) is 2.59. The molecule has 6 heteroatoms. The van der Waals surface area contributed by atoms with Gasteiger partial charge in [0.2, 0.25) is 5.91 Å². The maximum atomic E-state index is 12.3. The molecule has 0 fully saturated rings. The summed E-state index contributed by atoms with van der Waals surface area (Å²) in [5.74, 6) is 0.0406. The Morgan fingerprint density at radius 1 is 1.20 bits per heavy atom. The van der Waals surface area contributed by atoms with E-state index in [1.807, 2.05) is 30.3 Å². The highest BCUT2D eigenvalue weighted by atomic mass is 79.9. The summed E-state index contributed by atoms with van der Waals surface area (Å²) in [4.78, 5) is 17.1. The topological polar surface area (TPSA) is 42.0 Å². The number of rotatable bonds is 6. The normalized spacial score (nSPS) is 11.0. The van der Waals surface area contributed by atoms with Gasteiger partial charge in [0.25, 0.3) is 0 Å². The van der Waals surface area contributed by atoms with Crippen molar-refractivity contribution in [2.24, 2.45) is 0 Å². The smallest absolute Gasteiger partial charge is 0.224 e. The van der Waals surface area contributed by atoms with Gasteiger partial charge in [0.15, 0.2) is 0 Å². The van der Waals surface area contributed by atoms with Crippen molar-refractivity contribution < 1.29 is 4.79 Å². The predicted octanol–water partition coefficient (Wildman–Crippen LogP) is 7.01. The van der Waals surface area contributed by atoms with Gasteiger partial charge in [0.1, 0.15) is 5.01 Å². The molecular formula is C19H18Br2N2OS. The lowest BCUT2D eigenvalue weighted by atomic mass is 10.1. The van der Waals surface area contributed by atoms with Gasteiger partial charge in [-0.3, -0.25) is 4.79 Å². The minimum atomic E-state index is 0.0406. The standard InChI is InChI=1S/C19H18Br2N2OS/c1-2-3-4-9-17(24)23-18-13(10-12(20)11-14(18)21)19-22-15-7-5-6-8-16(15)25-19/h5-8,10-11H,2-4,9H2,1H3,(H,23,24). The largest absolute Gasteiger partial charge is 0.324 e. The number of thiazole rings is 1. The van der Waals surface area contributed by atoms with E-state index in [4.69, 9.17) is 4.98 Å². The van der Waals surface area contributed by atoms with Crippen molar-refractivity contribution in [1.29, 1.82) is 0 Å². The Kier molecular flexibility index (Phi) is 6.25. The molecule has 1 N–H and O–H groups in total. The number of hydrogen-bond donors (Lipinski definition) is 1. The fraction of sp³-hybridized carbons (Fsp3) is 0.263. The molecule has 3 nitrogen and oxygen atoms in total. The van der Waals surface area contributed by atoms with Crippen LogP contribution in [0.5, 0.6) is 0 Å².